The summed E-state index contributed by atoms with van der Waals surface area (Å²) in [4.78, 5) is 9.93. The molecule has 0 spiro atoms. The SMILES string of the molecule is O[B]Oc1ccc2c(c1)c1ccccc1n2-c1ccc(-c2nc(-c3ccccc3)cc(-c3ccccc3)n2)cc1. The molecule has 6 heteroatoms. The van der Waals surface area contributed by atoms with Crippen LogP contribution in [0.4, 0.5) is 0 Å². The molecular weight excluding hydrogens is 493 g/mol. The molecule has 0 saturated carbocycles. The molecule has 7 aromatic rings. The van der Waals surface area contributed by atoms with Crippen molar-refractivity contribution >= 4 is 29.5 Å². The fraction of sp³-hybridized carbons (Fsp3) is 0. The van der Waals surface area contributed by atoms with Crippen molar-refractivity contribution in [2.75, 3.05) is 0 Å². The first-order valence-corrected chi connectivity index (χ1v) is 13.0. The molecule has 1 N–H and O–H groups in total. The van der Waals surface area contributed by atoms with Gasteiger partial charge in [-0.25, -0.2) is 9.97 Å². The molecule has 0 bridgehead atoms. The molecule has 0 fully saturated rings. The largest absolute Gasteiger partial charge is 0.569 e. The maximum Gasteiger partial charge on any atom is 0.569 e. The quantitative estimate of drug-likeness (QED) is 0.233. The Labute approximate surface area is 232 Å². The molecule has 2 heterocycles. The van der Waals surface area contributed by atoms with E-state index in [0.29, 0.717) is 19.3 Å². The van der Waals surface area contributed by atoms with Gasteiger partial charge in [-0.2, -0.15) is 0 Å². The summed E-state index contributed by atoms with van der Waals surface area (Å²) < 4.78 is 7.47. The predicted molar refractivity (Wildman–Crippen MR) is 161 cm³/mol. The molecule has 0 aliphatic rings. The topological polar surface area (TPSA) is 60.2 Å². The average molecular weight is 516 g/mol. The van der Waals surface area contributed by atoms with Crippen LogP contribution in [0, 0.1) is 0 Å². The van der Waals surface area contributed by atoms with Gasteiger partial charge in [-0.05, 0) is 54.6 Å². The highest BCUT2D eigenvalue weighted by atomic mass is 16.5. The summed E-state index contributed by atoms with van der Waals surface area (Å²) in [5, 5.41) is 11.3. The van der Waals surface area contributed by atoms with E-state index in [-0.39, 0.29) is 0 Å². The lowest BCUT2D eigenvalue weighted by Gasteiger charge is -2.11. The monoisotopic (exact) mass is 516 g/mol. The summed E-state index contributed by atoms with van der Waals surface area (Å²) in [5.74, 6) is 1.26. The van der Waals surface area contributed by atoms with Crippen LogP contribution >= 0.6 is 0 Å². The Morgan fingerprint density at radius 1 is 0.550 bits per heavy atom. The first-order valence-electron chi connectivity index (χ1n) is 13.0. The van der Waals surface area contributed by atoms with E-state index in [1.54, 1.807) is 0 Å². The Morgan fingerprint density at radius 2 is 1.15 bits per heavy atom. The number of hydrogen-bond acceptors (Lipinski definition) is 4. The minimum Gasteiger partial charge on any atom is -0.537 e. The molecule has 40 heavy (non-hydrogen) atoms. The van der Waals surface area contributed by atoms with Gasteiger partial charge in [-0.15, -0.1) is 0 Å². The van der Waals surface area contributed by atoms with Gasteiger partial charge in [-0.1, -0.05) is 78.9 Å². The van der Waals surface area contributed by atoms with E-state index in [4.69, 9.17) is 19.6 Å². The third-order valence-corrected chi connectivity index (χ3v) is 7.08. The van der Waals surface area contributed by atoms with Gasteiger partial charge in [0.1, 0.15) is 5.75 Å². The molecule has 0 saturated heterocycles. The second-order valence-electron chi connectivity index (χ2n) is 9.50. The second-order valence-corrected chi connectivity index (χ2v) is 9.50. The standard InChI is InChI=1S/C34H23BN3O2/c39-35-40-27-19-20-33-29(21-27)28-13-7-8-14-32(28)38(33)26-17-15-25(16-18-26)34-36-30(23-9-3-1-4-10-23)22-31(37-34)24-11-5-2-6-12-24/h1-22,39H. The molecule has 2 aromatic heterocycles. The Hall–Kier alpha value is -5.20. The van der Waals surface area contributed by atoms with Crippen molar-refractivity contribution in [3.8, 4) is 45.3 Å². The van der Waals surface area contributed by atoms with Gasteiger partial charge in [0.2, 0.25) is 0 Å². The number of para-hydroxylation sites is 1. The number of aromatic nitrogens is 3. The lowest BCUT2D eigenvalue weighted by Crippen LogP contribution is -1.99. The van der Waals surface area contributed by atoms with Crippen molar-refractivity contribution in [1.29, 1.82) is 0 Å². The smallest absolute Gasteiger partial charge is 0.537 e. The normalized spacial score (nSPS) is 11.1. The van der Waals surface area contributed by atoms with Gasteiger partial charge in [0, 0.05) is 33.2 Å². The van der Waals surface area contributed by atoms with Crippen molar-refractivity contribution in [1.82, 2.24) is 14.5 Å². The van der Waals surface area contributed by atoms with E-state index in [9.17, 15) is 0 Å². The fourth-order valence-corrected chi connectivity index (χ4v) is 5.21. The number of benzene rings is 5. The van der Waals surface area contributed by atoms with Gasteiger partial charge in [-0.3, -0.25) is 0 Å². The zero-order valence-corrected chi connectivity index (χ0v) is 21.5. The first-order chi connectivity index (χ1) is 19.8. The Morgan fingerprint density at radius 3 is 1.80 bits per heavy atom. The lowest BCUT2D eigenvalue weighted by molar-refractivity contribution is 0.454. The molecule has 5 nitrogen and oxygen atoms in total. The fourth-order valence-electron chi connectivity index (χ4n) is 5.21. The second kappa shape index (κ2) is 10.2. The summed E-state index contributed by atoms with van der Waals surface area (Å²) in [6, 6.07) is 44.9. The van der Waals surface area contributed by atoms with Gasteiger partial charge >= 0.3 is 7.69 Å². The van der Waals surface area contributed by atoms with Crippen LogP contribution in [-0.4, -0.2) is 27.2 Å². The van der Waals surface area contributed by atoms with E-state index < -0.39 is 0 Å². The van der Waals surface area contributed by atoms with Crippen molar-refractivity contribution in [3.63, 3.8) is 0 Å². The van der Waals surface area contributed by atoms with Crippen LogP contribution < -0.4 is 4.65 Å². The summed E-state index contributed by atoms with van der Waals surface area (Å²) in [7, 11) is 0.705. The van der Waals surface area contributed by atoms with Gasteiger partial charge in [0.25, 0.3) is 0 Å². The maximum atomic E-state index is 9.11. The summed E-state index contributed by atoms with van der Waals surface area (Å²) in [5.41, 5.74) is 7.97. The molecule has 1 radical (unpaired) electrons. The van der Waals surface area contributed by atoms with Crippen LogP contribution in [0.1, 0.15) is 0 Å². The molecule has 0 aliphatic carbocycles. The van der Waals surface area contributed by atoms with Crippen LogP contribution in [-0.2, 0) is 0 Å². The Kier molecular flexibility index (Phi) is 6.07. The molecule has 7 rings (SSSR count). The number of fused-ring (bicyclic) bond motifs is 3. The minimum atomic E-state index is 0.581. The third-order valence-electron chi connectivity index (χ3n) is 7.08. The molecule has 0 aliphatic heterocycles. The summed E-state index contributed by atoms with van der Waals surface area (Å²) >= 11 is 0. The van der Waals surface area contributed by atoms with Crippen LogP contribution in [0.2, 0.25) is 0 Å². The van der Waals surface area contributed by atoms with Crippen molar-refractivity contribution in [3.05, 3.63) is 133 Å². The van der Waals surface area contributed by atoms with Crippen LogP contribution in [0.25, 0.3) is 61.4 Å². The van der Waals surface area contributed by atoms with Crippen LogP contribution in [0.15, 0.2) is 133 Å². The molecule has 0 unspecified atom stereocenters. The first kappa shape index (κ1) is 23.9. The van der Waals surface area contributed by atoms with Gasteiger partial charge < -0.3 is 14.2 Å². The number of hydrogen-bond donors (Lipinski definition) is 1. The van der Waals surface area contributed by atoms with Gasteiger partial charge in [0.05, 0.1) is 22.4 Å². The Bertz CT molecular complexity index is 1900. The number of rotatable bonds is 6. The van der Waals surface area contributed by atoms with E-state index in [1.165, 1.54) is 0 Å². The molecule has 189 valence electrons. The predicted octanol–water partition coefficient (Wildman–Crippen LogP) is 7.48. The van der Waals surface area contributed by atoms with E-state index in [2.05, 4.69) is 65.2 Å². The zero-order valence-electron chi connectivity index (χ0n) is 21.5. The summed E-state index contributed by atoms with van der Waals surface area (Å²) in [6.45, 7) is 0. The average Bonchev–Trinajstić information content (AvgIpc) is 3.36. The maximum absolute atomic E-state index is 9.11. The highest BCUT2D eigenvalue weighted by Gasteiger charge is 2.14. The lowest BCUT2D eigenvalue weighted by atomic mass is 10.1. The van der Waals surface area contributed by atoms with E-state index in [0.717, 1.165) is 55.6 Å². The summed E-state index contributed by atoms with van der Waals surface area (Å²) in [6.07, 6.45) is 0. The highest BCUT2D eigenvalue weighted by Crippen LogP contribution is 2.35. The molecular formula is C34H23BN3O2. The van der Waals surface area contributed by atoms with E-state index >= 15 is 0 Å². The van der Waals surface area contributed by atoms with Crippen LogP contribution in [0.3, 0.4) is 0 Å². The van der Waals surface area contributed by atoms with Gasteiger partial charge in [0.15, 0.2) is 5.82 Å². The molecule has 0 atom stereocenters. The highest BCUT2D eigenvalue weighted by molar-refractivity contribution is 6.17. The minimum absolute atomic E-state index is 0.581. The Balaban J connectivity index is 1.35. The molecule has 5 aromatic carbocycles. The zero-order chi connectivity index (χ0) is 26.9. The number of nitrogens with zero attached hydrogens (tertiary/aromatic N) is 3. The van der Waals surface area contributed by atoms with Crippen molar-refractivity contribution in [2.24, 2.45) is 0 Å². The molecule has 0 amide bonds. The van der Waals surface area contributed by atoms with E-state index in [1.807, 2.05) is 72.8 Å². The third kappa shape index (κ3) is 4.30. The van der Waals surface area contributed by atoms with Crippen molar-refractivity contribution in [2.45, 2.75) is 0 Å². The van der Waals surface area contributed by atoms with Crippen LogP contribution in [0.5, 0.6) is 5.75 Å². The van der Waals surface area contributed by atoms with Crippen molar-refractivity contribution < 1.29 is 9.68 Å².